The van der Waals surface area contributed by atoms with Crippen molar-refractivity contribution in [3.05, 3.63) is 59.5 Å². The molecular formula is C18H17N3O3. The van der Waals surface area contributed by atoms with Crippen LogP contribution < -0.4 is 10.1 Å². The number of benzene rings is 1. The van der Waals surface area contributed by atoms with Crippen molar-refractivity contribution < 1.29 is 14.6 Å². The average molecular weight is 323 g/mol. The largest absolute Gasteiger partial charge is 0.489 e. The summed E-state index contributed by atoms with van der Waals surface area (Å²) >= 11 is 0. The van der Waals surface area contributed by atoms with Crippen LogP contribution in [0.15, 0.2) is 42.7 Å². The molecule has 1 atom stereocenters. The third-order valence-corrected chi connectivity index (χ3v) is 4.32. The molecular weight excluding hydrogens is 306 g/mol. The van der Waals surface area contributed by atoms with E-state index in [9.17, 15) is 9.90 Å². The number of carboxylic acids is 1. The van der Waals surface area contributed by atoms with Gasteiger partial charge in [-0.2, -0.15) is 0 Å². The first-order valence-electron chi connectivity index (χ1n) is 7.85. The molecule has 1 aliphatic rings. The molecule has 0 saturated carbocycles. The maximum atomic E-state index is 11.4. The summed E-state index contributed by atoms with van der Waals surface area (Å²) in [5.74, 6) is -0.0943. The fourth-order valence-corrected chi connectivity index (χ4v) is 3.15. The van der Waals surface area contributed by atoms with E-state index >= 15 is 0 Å². The summed E-state index contributed by atoms with van der Waals surface area (Å²) in [5, 5.41) is 13.4. The van der Waals surface area contributed by atoms with Crippen LogP contribution in [-0.2, 0) is 17.8 Å². The molecule has 1 unspecified atom stereocenters. The van der Waals surface area contributed by atoms with Gasteiger partial charge in [-0.05, 0) is 47.9 Å². The number of hydrogen-bond acceptors (Lipinski definition) is 4. The number of aromatic nitrogens is 2. The molecule has 1 aromatic carbocycles. The molecule has 0 saturated heterocycles. The Kier molecular flexibility index (Phi) is 3.66. The summed E-state index contributed by atoms with van der Waals surface area (Å²) in [6.45, 7) is 1.12. The van der Waals surface area contributed by atoms with Crippen LogP contribution in [-0.4, -0.2) is 27.6 Å². The smallest absolute Gasteiger partial charge is 0.326 e. The maximum absolute atomic E-state index is 11.4. The molecule has 0 aliphatic carbocycles. The first-order chi connectivity index (χ1) is 11.7. The van der Waals surface area contributed by atoms with Gasteiger partial charge in [0.05, 0.1) is 0 Å². The lowest BCUT2D eigenvalue weighted by Crippen LogP contribution is -2.34. The predicted molar refractivity (Wildman–Crippen MR) is 89.0 cm³/mol. The van der Waals surface area contributed by atoms with Crippen LogP contribution in [0.5, 0.6) is 5.75 Å². The molecule has 0 amide bonds. The van der Waals surface area contributed by atoms with E-state index in [2.05, 4.69) is 15.3 Å². The molecule has 3 N–H and O–H groups in total. The number of ether oxygens (including phenoxy) is 1. The Hall–Kier alpha value is -2.86. The summed E-state index contributed by atoms with van der Waals surface area (Å²) < 4.78 is 5.86. The van der Waals surface area contributed by atoms with E-state index in [1.807, 2.05) is 30.3 Å². The summed E-state index contributed by atoms with van der Waals surface area (Å²) in [6, 6.07) is 8.97. The van der Waals surface area contributed by atoms with Gasteiger partial charge in [0.25, 0.3) is 0 Å². The van der Waals surface area contributed by atoms with Gasteiger partial charge in [0.1, 0.15) is 18.4 Å². The number of aliphatic carboxylic acids is 1. The van der Waals surface area contributed by atoms with Gasteiger partial charge in [0.2, 0.25) is 0 Å². The van der Waals surface area contributed by atoms with Crippen molar-refractivity contribution in [3.63, 3.8) is 0 Å². The number of carbonyl (C=O) groups is 1. The lowest BCUT2D eigenvalue weighted by molar-refractivity contribution is -0.139. The Morgan fingerprint density at radius 1 is 1.29 bits per heavy atom. The van der Waals surface area contributed by atoms with E-state index in [1.54, 1.807) is 12.4 Å². The quantitative estimate of drug-likeness (QED) is 0.686. The second-order valence-corrected chi connectivity index (χ2v) is 5.84. The first kappa shape index (κ1) is 14.7. The van der Waals surface area contributed by atoms with Crippen molar-refractivity contribution in [2.24, 2.45) is 0 Å². The SMILES string of the molecule is O=C(O)C1NCCc2c1[nH]c1ccc(OCc3ccncc3)cc21. The van der Waals surface area contributed by atoms with Gasteiger partial charge in [-0.15, -0.1) is 0 Å². The molecule has 4 rings (SSSR count). The highest BCUT2D eigenvalue weighted by atomic mass is 16.5. The van der Waals surface area contributed by atoms with E-state index in [1.165, 1.54) is 0 Å². The first-order valence-corrected chi connectivity index (χ1v) is 7.85. The minimum absolute atomic E-state index is 0.472. The van der Waals surface area contributed by atoms with Crippen LogP contribution >= 0.6 is 0 Å². The van der Waals surface area contributed by atoms with E-state index in [-0.39, 0.29) is 0 Å². The normalized spacial score (nSPS) is 16.8. The summed E-state index contributed by atoms with van der Waals surface area (Å²) in [7, 11) is 0. The molecule has 6 heteroatoms. The Bertz CT molecular complexity index is 889. The Labute approximate surface area is 138 Å². The van der Waals surface area contributed by atoms with Gasteiger partial charge < -0.3 is 14.8 Å². The zero-order valence-corrected chi connectivity index (χ0v) is 13.0. The van der Waals surface area contributed by atoms with E-state index in [0.717, 1.165) is 39.9 Å². The number of fused-ring (bicyclic) bond motifs is 3. The number of aromatic amines is 1. The van der Waals surface area contributed by atoms with Crippen molar-refractivity contribution in [1.29, 1.82) is 0 Å². The van der Waals surface area contributed by atoms with E-state index in [0.29, 0.717) is 13.2 Å². The third-order valence-electron chi connectivity index (χ3n) is 4.32. The fourth-order valence-electron chi connectivity index (χ4n) is 3.15. The Morgan fingerprint density at radius 2 is 2.12 bits per heavy atom. The highest BCUT2D eigenvalue weighted by molar-refractivity contribution is 5.89. The van der Waals surface area contributed by atoms with Crippen LogP contribution in [0.4, 0.5) is 0 Å². The monoisotopic (exact) mass is 323 g/mol. The van der Waals surface area contributed by atoms with Gasteiger partial charge in [0, 0.05) is 35.5 Å². The average Bonchev–Trinajstić information content (AvgIpc) is 2.98. The molecule has 0 fully saturated rings. The molecule has 3 heterocycles. The minimum atomic E-state index is -0.864. The lowest BCUT2D eigenvalue weighted by Gasteiger charge is -2.20. The number of carboxylic acid groups (broad SMARTS) is 1. The van der Waals surface area contributed by atoms with E-state index in [4.69, 9.17) is 4.74 Å². The number of hydrogen-bond donors (Lipinski definition) is 3. The molecule has 0 bridgehead atoms. The van der Waals surface area contributed by atoms with Crippen LogP contribution in [0.3, 0.4) is 0 Å². The summed E-state index contributed by atoms with van der Waals surface area (Å²) in [4.78, 5) is 18.6. The lowest BCUT2D eigenvalue weighted by atomic mass is 9.99. The van der Waals surface area contributed by atoms with Crippen molar-refractivity contribution >= 4 is 16.9 Å². The van der Waals surface area contributed by atoms with E-state index < -0.39 is 12.0 Å². The number of rotatable bonds is 4. The molecule has 0 radical (unpaired) electrons. The summed E-state index contributed by atoms with van der Waals surface area (Å²) in [6.07, 6.45) is 4.28. The van der Waals surface area contributed by atoms with Crippen molar-refractivity contribution in [3.8, 4) is 5.75 Å². The number of pyridine rings is 1. The van der Waals surface area contributed by atoms with Gasteiger partial charge >= 0.3 is 5.97 Å². The molecule has 2 aromatic heterocycles. The number of H-pyrrole nitrogens is 1. The highest BCUT2D eigenvalue weighted by Gasteiger charge is 2.28. The zero-order chi connectivity index (χ0) is 16.5. The highest BCUT2D eigenvalue weighted by Crippen LogP contribution is 2.32. The third kappa shape index (κ3) is 2.61. The van der Waals surface area contributed by atoms with Crippen LogP contribution in [0.25, 0.3) is 10.9 Å². The molecule has 6 nitrogen and oxygen atoms in total. The second-order valence-electron chi connectivity index (χ2n) is 5.84. The topological polar surface area (TPSA) is 87.2 Å². The predicted octanol–water partition coefficient (Wildman–Crippen LogP) is 2.41. The maximum Gasteiger partial charge on any atom is 0.326 e. The second kappa shape index (κ2) is 5.98. The van der Waals surface area contributed by atoms with Gasteiger partial charge in [-0.1, -0.05) is 0 Å². The van der Waals surface area contributed by atoms with Gasteiger partial charge in [-0.3, -0.25) is 15.1 Å². The van der Waals surface area contributed by atoms with Gasteiger partial charge in [0.15, 0.2) is 0 Å². The fraction of sp³-hybridized carbons (Fsp3) is 0.222. The van der Waals surface area contributed by atoms with Crippen molar-refractivity contribution in [2.75, 3.05) is 6.54 Å². The van der Waals surface area contributed by atoms with Crippen molar-refractivity contribution in [1.82, 2.24) is 15.3 Å². The van der Waals surface area contributed by atoms with Crippen molar-refractivity contribution in [2.45, 2.75) is 19.1 Å². The number of nitrogens with one attached hydrogen (secondary N) is 2. The Balaban J connectivity index is 1.64. The molecule has 122 valence electrons. The molecule has 1 aliphatic heterocycles. The number of nitrogens with zero attached hydrogens (tertiary/aromatic N) is 1. The summed E-state index contributed by atoms with van der Waals surface area (Å²) in [5.41, 5.74) is 3.79. The van der Waals surface area contributed by atoms with Crippen LogP contribution in [0.1, 0.15) is 22.9 Å². The standard InChI is InChI=1S/C18H17N3O3/c22-18(23)17-16-13(5-8-20-17)14-9-12(1-2-15(14)21-16)24-10-11-3-6-19-7-4-11/h1-4,6-7,9,17,20-21H,5,8,10H2,(H,22,23). The molecule has 24 heavy (non-hydrogen) atoms. The van der Waals surface area contributed by atoms with Gasteiger partial charge in [-0.25, -0.2) is 0 Å². The van der Waals surface area contributed by atoms with Crippen LogP contribution in [0.2, 0.25) is 0 Å². The minimum Gasteiger partial charge on any atom is -0.489 e. The van der Waals surface area contributed by atoms with Crippen LogP contribution in [0, 0.1) is 0 Å². The zero-order valence-electron chi connectivity index (χ0n) is 13.0. The molecule has 0 spiro atoms. The molecule has 3 aromatic rings. The Morgan fingerprint density at radius 3 is 2.92 bits per heavy atom.